The van der Waals surface area contributed by atoms with Gasteiger partial charge in [0, 0.05) is 11.3 Å². The first-order chi connectivity index (χ1) is 12.1. The van der Waals surface area contributed by atoms with Gasteiger partial charge in [0.1, 0.15) is 11.2 Å². The molecule has 0 aromatic heterocycles. The summed E-state index contributed by atoms with van der Waals surface area (Å²) in [6.45, 7) is 0. The Bertz CT molecular complexity index is 965. The smallest absolute Gasteiger partial charge is 0.252 e. The summed E-state index contributed by atoms with van der Waals surface area (Å²) in [4.78, 5) is 23.4. The maximum Gasteiger partial charge on any atom is 0.252 e. The van der Waals surface area contributed by atoms with E-state index in [0.29, 0.717) is 16.9 Å². The molecule has 5 nitrogen and oxygen atoms in total. The van der Waals surface area contributed by atoms with Crippen molar-refractivity contribution in [2.75, 3.05) is 5.73 Å². The summed E-state index contributed by atoms with van der Waals surface area (Å²) in [6.07, 6.45) is 0. The number of carbonyl (C=O) groups is 1. The maximum absolute atomic E-state index is 12.6. The lowest BCUT2D eigenvalue weighted by Crippen LogP contribution is -2.41. The van der Waals surface area contributed by atoms with Crippen molar-refractivity contribution in [1.29, 1.82) is 0 Å². The second kappa shape index (κ2) is 5.56. The number of nitroso groups, excluding NO2 is 1. The molecule has 1 aliphatic heterocycles. The molecule has 5 heteroatoms. The number of benzene rings is 3. The third-order valence-electron chi connectivity index (χ3n) is 4.63. The molecular formula is C20H15N3O2. The van der Waals surface area contributed by atoms with Gasteiger partial charge in [-0.25, -0.2) is 0 Å². The van der Waals surface area contributed by atoms with Crippen LogP contribution >= 0.6 is 0 Å². The van der Waals surface area contributed by atoms with Crippen molar-refractivity contribution in [2.45, 2.75) is 5.54 Å². The fourth-order valence-electron chi connectivity index (χ4n) is 3.44. The Kier molecular flexibility index (Phi) is 3.35. The first-order valence-electron chi connectivity index (χ1n) is 7.87. The molecule has 0 fully saturated rings. The minimum absolute atomic E-state index is 0.134. The zero-order valence-corrected chi connectivity index (χ0v) is 13.3. The molecule has 4 rings (SSSR count). The van der Waals surface area contributed by atoms with Gasteiger partial charge in [0.05, 0.1) is 0 Å². The van der Waals surface area contributed by atoms with E-state index in [1.165, 1.54) is 0 Å². The van der Waals surface area contributed by atoms with Crippen LogP contribution in [0.15, 0.2) is 78.0 Å². The predicted octanol–water partition coefficient (Wildman–Crippen LogP) is 3.70. The van der Waals surface area contributed by atoms with E-state index in [1.807, 2.05) is 60.7 Å². The van der Waals surface area contributed by atoms with Crippen LogP contribution in [0, 0.1) is 4.91 Å². The van der Waals surface area contributed by atoms with E-state index < -0.39 is 5.54 Å². The summed E-state index contributed by atoms with van der Waals surface area (Å²) in [5.74, 6) is -0.134. The highest BCUT2D eigenvalue weighted by atomic mass is 16.3. The standard InChI is InChI=1S/C20H15N3O2/c21-15-9-5-13(6-10-15)20(14-7-11-16(23-25)12-8-14)18-4-2-1-3-17(18)19(24)22-20/h1-12H,21H2,(H,22,24). The van der Waals surface area contributed by atoms with Crippen molar-refractivity contribution in [2.24, 2.45) is 5.18 Å². The van der Waals surface area contributed by atoms with E-state index in [0.717, 1.165) is 16.7 Å². The average molecular weight is 329 g/mol. The topological polar surface area (TPSA) is 84.5 Å². The van der Waals surface area contributed by atoms with Gasteiger partial charge >= 0.3 is 0 Å². The van der Waals surface area contributed by atoms with Crippen LogP contribution in [0.3, 0.4) is 0 Å². The predicted molar refractivity (Wildman–Crippen MR) is 96.5 cm³/mol. The highest BCUT2D eigenvalue weighted by Crippen LogP contribution is 2.43. The van der Waals surface area contributed by atoms with E-state index in [2.05, 4.69) is 10.5 Å². The average Bonchev–Trinajstić information content (AvgIpc) is 2.96. The van der Waals surface area contributed by atoms with Crippen LogP contribution in [0.1, 0.15) is 27.0 Å². The molecule has 122 valence electrons. The van der Waals surface area contributed by atoms with Gasteiger partial charge < -0.3 is 11.1 Å². The molecule has 3 aromatic carbocycles. The highest BCUT2D eigenvalue weighted by Gasteiger charge is 2.45. The Hall–Kier alpha value is -3.47. The van der Waals surface area contributed by atoms with Crippen molar-refractivity contribution >= 4 is 17.3 Å². The fourth-order valence-corrected chi connectivity index (χ4v) is 3.44. The van der Waals surface area contributed by atoms with Gasteiger partial charge in [-0.05, 0) is 52.2 Å². The monoisotopic (exact) mass is 329 g/mol. The van der Waals surface area contributed by atoms with Crippen molar-refractivity contribution in [1.82, 2.24) is 5.32 Å². The maximum atomic E-state index is 12.6. The van der Waals surface area contributed by atoms with E-state index >= 15 is 0 Å². The lowest BCUT2D eigenvalue weighted by Gasteiger charge is -2.32. The Labute approximate surface area is 144 Å². The Balaban J connectivity index is 2.01. The molecule has 0 spiro atoms. The number of hydrogen-bond acceptors (Lipinski definition) is 4. The number of nitrogen functional groups attached to an aromatic ring is 1. The Morgan fingerprint density at radius 1 is 0.840 bits per heavy atom. The fraction of sp³-hybridized carbons (Fsp3) is 0.0500. The third-order valence-corrected chi connectivity index (χ3v) is 4.63. The van der Waals surface area contributed by atoms with E-state index in [9.17, 15) is 9.70 Å². The summed E-state index contributed by atoms with van der Waals surface area (Å²) in [7, 11) is 0. The number of fused-ring (bicyclic) bond motifs is 1. The molecule has 1 amide bonds. The molecule has 25 heavy (non-hydrogen) atoms. The van der Waals surface area contributed by atoms with Gasteiger partial charge in [-0.3, -0.25) is 4.79 Å². The Morgan fingerprint density at radius 3 is 2.08 bits per heavy atom. The van der Waals surface area contributed by atoms with E-state index in [-0.39, 0.29) is 5.91 Å². The lowest BCUT2D eigenvalue weighted by atomic mass is 9.78. The van der Waals surface area contributed by atoms with Gasteiger partial charge in [-0.15, -0.1) is 4.91 Å². The van der Waals surface area contributed by atoms with Crippen LogP contribution in [0.5, 0.6) is 0 Å². The van der Waals surface area contributed by atoms with Crippen LogP contribution in [0.2, 0.25) is 0 Å². The van der Waals surface area contributed by atoms with Crippen molar-refractivity contribution in [3.8, 4) is 0 Å². The van der Waals surface area contributed by atoms with Gasteiger partial charge in [0.2, 0.25) is 0 Å². The van der Waals surface area contributed by atoms with E-state index in [4.69, 9.17) is 5.73 Å². The third kappa shape index (κ3) is 2.21. The summed E-state index contributed by atoms with van der Waals surface area (Å²) < 4.78 is 0. The van der Waals surface area contributed by atoms with E-state index in [1.54, 1.807) is 12.1 Å². The van der Waals surface area contributed by atoms with Crippen LogP contribution in [-0.2, 0) is 5.54 Å². The minimum atomic E-state index is -0.831. The number of nitrogens with two attached hydrogens (primary N) is 1. The SMILES string of the molecule is Nc1ccc(C2(c3ccc(N=O)cc3)NC(=O)c3ccccc32)cc1. The summed E-state index contributed by atoms with van der Waals surface area (Å²) in [5, 5.41) is 6.08. The molecule has 0 saturated carbocycles. The molecule has 1 aliphatic rings. The zero-order chi connectivity index (χ0) is 17.4. The van der Waals surface area contributed by atoms with Crippen molar-refractivity contribution < 1.29 is 4.79 Å². The van der Waals surface area contributed by atoms with Crippen LogP contribution in [-0.4, -0.2) is 5.91 Å². The van der Waals surface area contributed by atoms with Crippen molar-refractivity contribution in [3.05, 3.63) is 100.0 Å². The summed E-state index contributed by atoms with van der Waals surface area (Å²) >= 11 is 0. The first-order valence-corrected chi connectivity index (χ1v) is 7.87. The normalized spacial score (nSPS) is 18.5. The number of hydrogen-bond donors (Lipinski definition) is 2. The molecule has 0 bridgehead atoms. The first kappa shape index (κ1) is 15.1. The molecule has 1 unspecified atom stereocenters. The Morgan fingerprint density at radius 2 is 1.44 bits per heavy atom. The van der Waals surface area contributed by atoms with Crippen molar-refractivity contribution in [3.63, 3.8) is 0 Å². The number of nitrogens with zero attached hydrogens (tertiary/aromatic N) is 1. The van der Waals surface area contributed by atoms with Crippen LogP contribution in [0.4, 0.5) is 11.4 Å². The van der Waals surface area contributed by atoms with Gasteiger partial charge in [-0.2, -0.15) is 0 Å². The molecule has 0 aliphatic carbocycles. The molecule has 1 atom stereocenters. The minimum Gasteiger partial charge on any atom is -0.399 e. The summed E-state index contributed by atoms with van der Waals surface area (Å²) in [6, 6.07) is 21.9. The van der Waals surface area contributed by atoms with Gasteiger partial charge in [0.15, 0.2) is 0 Å². The molecule has 3 N–H and O–H groups in total. The quantitative estimate of drug-likeness (QED) is 0.567. The summed E-state index contributed by atoms with van der Waals surface area (Å²) in [5.41, 5.74) is 9.25. The van der Waals surface area contributed by atoms with Gasteiger partial charge in [-0.1, -0.05) is 42.5 Å². The number of amides is 1. The zero-order valence-electron chi connectivity index (χ0n) is 13.3. The van der Waals surface area contributed by atoms with Crippen LogP contribution in [0.25, 0.3) is 0 Å². The molecule has 0 saturated heterocycles. The largest absolute Gasteiger partial charge is 0.399 e. The number of anilines is 1. The van der Waals surface area contributed by atoms with Crippen LogP contribution < -0.4 is 11.1 Å². The lowest BCUT2D eigenvalue weighted by molar-refractivity contribution is 0.0948. The molecule has 3 aromatic rings. The molecule has 0 radical (unpaired) electrons. The number of nitrogens with one attached hydrogen (secondary N) is 1. The second-order valence-electron chi connectivity index (χ2n) is 6.01. The number of rotatable bonds is 3. The van der Waals surface area contributed by atoms with Gasteiger partial charge in [0.25, 0.3) is 5.91 Å². The number of carbonyl (C=O) groups excluding carboxylic acids is 1. The molecular weight excluding hydrogens is 314 g/mol. The highest BCUT2D eigenvalue weighted by molar-refractivity contribution is 6.01. The molecule has 1 heterocycles. The second-order valence-corrected chi connectivity index (χ2v) is 6.01.